The zero-order valence-corrected chi connectivity index (χ0v) is 15.8. The Morgan fingerprint density at radius 3 is 2.92 bits per heavy atom. The van der Waals surface area contributed by atoms with Crippen LogP contribution in [0.2, 0.25) is 0 Å². The third-order valence-electron chi connectivity index (χ3n) is 4.60. The summed E-state index contributed by atoms with van der Waals surface area (Å²) in [5.41, 5.74) is 3.85. The molecular weight excluding hydrogens is 385 g/mol. The molecule has 1 aromatic carbocycles. The molecule has 4 rings (SSSR count). The molecule has 0 unspecified atom stereocenters. The van der Waals surface area contributed by atoms with Crippen molar-refractivity contribution >= 4 is 15.9 Å². The predicted molar refractivity (Wildman–Crippen MR) is 97.6 cm³/mol. The van der Waals surface area contributed by atoms with Crippen molar-refractivity contribution in [2.45, 2.75) is 26.4 Å². The molecule has 0 saturated heterocycles. The van der Waals surface area contributed by atoms with Crippen molar-refractivity contribution in [3.8, 4) is 11.5 Å². The van der Waals surface area contributed by atoms with Gasteiger partial charge in [0.25, 0.3) is 0 Å². The van der Waals surface area contributed by atoms with Gasteiger partial charge in [0.15, 0.2) is 5.76 Å². The molecule has 0 aliphatic carbocycles. The minimum absolute atomic E-state index is 0.137. The van der Waals surface area contributed by atoms with Crippen LogP contribution < -0.4 is 0 Å². The van der Waals surface area contributed by atoms with Crippen molar-refractivity contribution in [2.24, 2.45) is 7.05 Å². The van der Waals surface area contributed by atoms with Crippen LogP contribution in [0.4, 0.5) is 4.39 Å². The Bertz CT molecular complexity index is 931. The van der Waals surface area contributed by atoms with E-state index in [9.17, 15) is 4.39 Å². The number of benzene rings is 1. The normalized spacial score (nSPS) is 14.7. The minimum Gasteiger partial charge on any atom is -0.460 e. The maximum atomic E-state index is 14.3. The second kappa shape index (κ2) is 6.42. The Morgan fingerprint density at radius 2 is 2.16 bits per heavy atom. The molecule has 0 atom stereocenters. The number of hydrogen-bond acceptors (Lipinski definition) is 3. The second-order valence-corrected chi connectivity index (χ2v) is 7.49. The van der Waals surface area contributed by atoms with Crippen LogP contribution in [0.15, 0.2) is 39.4 Å². The van der Waals surface area contributed by atoms with Gasteiger partial charge in [-0.15, -0.1) is 0 Å². The summed E-state index contributed by atoms with van der Waals surface area (Å²) in [6, 6.07) is 7.46. The molecule has 6 heteroatoms. The van der Waals surface area contributed by atoms with E-state index < -0.39 is 0 Å². The lowest BCUT2D eigenvalue weighted by Gasteiger charge is -2.29. The van der Waals surface area contributed by atoms with E-state index in [0.29, 0.717) is 6.54 Å². The van der Waals surface area contributed by atoms with Gasteiger partial charge >= 0.3 is 0 Å². The first-order valence-corrected chi connectivity index (χ1v) is 9.07. The van der Waals surface area contributed by atoms with Gasteiger partial charge in [-0.2, -0.15) is 5.10 Å². The zero-order valence-electron chi connectivity index (χ0n) is 14.2. The summed E-state index contributed by atoms with van der Waals surface area (Å²) in [6.07, 6.45) is 2.86. The Kier molecular flexibility index (Phi) is 4.25. The highest BCUT2D eigenvalue weighted by Gasteiger charge is 2.22. The number of aryl methyl sites for hydroxylation is 2. The first kappa shape index (κ1) is 16.5. The largest absolute Gasteiger partial charge is 0.460 e. The molecule has 1 aliphatic heterocycles. The summed E-state index contributed by atoms with van der Waals surface area (Å²) in [5.74, 6) is 1.51. The van der Waals surface area contributed by atoms with Crippen LogP contribution in [0.5, 0.6) is 0 Å². The van der Waals surface area contributed by atoms with Crippen molar-refractivity contribution in [1.82, 2.24) is 14.7 Å². The van der Waals surface area contributed by atoms with E-state index >= 15 is 0 Å². The van der Waals surface area contributed by atoms with Gasteiger partial charge in [-0.25, -0.2) is 4.39 Å². The van der Waals surface area contributed by atoms with Crippen LogP contribution >= 0.6 is 15.9 Å². The van der Waals surface area contributed by atoms with Crippen LogP contribution in [0.1, 0.15) is 22.5 Å². The fourth-order valence-corrected chi connectivity index (χ4v) is 3.91. The molecule has 0 fully saturated rings. The lowest BCUT2D eigenvalue weighted by molar-refractivity contribution is 0.241. The summed E-state index contributed by atoms with van der Waals surface area (Å²) >= 11 is 3.38. The Hall–Kier alpha value is -1.92. The standard InChI is InChI=1S/C19H19BrFN3O/c1-12-3-4-18(25-12)19-14(9-23(2)22-19)10-24-6-5-13-7-15(20)8-17(21)16(13)11-24/h3-4,7-9H,5-6,10-11H2,1-2H3. The summed E-state index contributed by atoms with van der Waals surface area (Å²) in [6.45, 7) is 4.15. The van der Waals surface area contributed by atoms with Crippen LogP contribution in [-0.4, -0.2) is 21.2 Å². The van der Waals surface area contributed by atoms with E-state index in [1.54, 1.807) is 10.7 Å². The third kappa shape index (κ3) is 3.28. The topological polar surface area (TPSA) is 34.2 Å². The molecule has 25 heavy (non-hydrogen) atoms. The number of nitrogens with zero attached hydrogens (tertiary/aromatic N) is 3. The van der Waals surface area contributed by atoms with Crippen LogP contribution in [0.3, 0.4) is 0 Å². The van der Waals surface area contributed by atoms with Gasteiger partial charge in [-0.1, -0.05) is 15.9 Å². The van der Waals surface area contributed by atoms with Gasteiger partial charge < -0.3 is 4.42 Å². The average Bonchev–Trinajstić information content (AvgIpc) is 3.13. The molecule has 2 aromatic heterocycles. The van der Waals surface area contributed by atoms with E-state index in [0.717, 1.165) is 57.9 Å². The highest BCUT2D eigenvalue weighted by Crippen LogP contribution is 2.29. The number of rotatable bonds is 3. The Labute approximate surface area is 154 Å². The molecule has 0 radical (unpaired) electrons. The number of fused-ring (bicyclic) bond motifs is 1. The second-order valence-electron chi connectivity index (χ2n) is 6.57. The quantitative estimate of drug-likeness (QED) is 0.647. The van der Waals surface area contributed by atoms with E-state index in [1.165, 1.54) is 0 Å². The SMILES string of the molecule is Cc1ccc(-c2nn(C)cc2CN2CCc3cc(Br)cc(F)c3C2)o1. The summed E-state index contributed by atoms with van der Waals surface area (Å²) in [7, 11) is 1.91. The first-order chi connectivity index (χ1) is 12.0. The molecule has 130 valence electrons. The molecule has 1 aliphatic rings. The van der Waals surface area contributed by atoms with Crippen LogP contribution in [0, 0.1) is 12.7 Å². The van der Waals surface area contributed by atoms with Gasteiger partial charge in [-0.05, 0) is 43.2 Å². The zero-order chi connectivity index (χ0) is 17.6. The van der Waals surface area contributed by atoms with Gasteiger partial charge in [-0.3, -0.25) is 9.58 Å². The van der Waals surface area contributed by atoms with Crippen molar-refractivity contribution in [3.63, 3.8) is 0 Å². The number of furan rings is 1. The van der Waals surface area contributed by atoms with Crippen molar-refractivity contribution in [3.05, 3.63) is 63.2 Å². The Balaban J connectivity index is 1.59. The summed E-state index contributed by atoms with van der Waals surface area (Å²) in [5, 5.41) is 4.55. The molecule has 0 saturated carbocycles. The van der Waals surface area contributed by atoms with Crippen molar-refractivity contribution in [2.75, 3.05) is 6.54 Å². The predicted octanol–water partition coefficient (Wildman–Crippen LogP) is 4.45. The van der Waals surface area contributed by atoms with Gasteiger partial charge in [0, 0.05) is 48.5 Å². The maximum Gasteiger partial charge on any atom is 0.154 e. The lowest BCUT2D eigenvalue weighted by Crippen LogP contribution is -2.30. The fourth-order valence-electron chi connectivity index (χ4n) is 3.44. The molecule has 0 bridgehead atoms. The fraction of sp³-hybridized carbons (Fsp3) is 0.316. The number of hydrogen-bond donors (Lipinski definition) is 0. The highest BCUT2D eigenvalue weighted by atomic mass is 79.9. The molecule has 3 aromatic rings. The molecular formula is C19H19BrFN3O. The van der Waals surface area contributed by atoms with Gasteiger partial charge in [0.1, 0.15) is 17.3 Å². The van der Waals surface area contributed by atoms with E-state index in [4.69, 9.17) is 4.42 Å². The van der Waals surface area contributed by atoms with Gasteiger partial charge in [0.05, 0.1) is 0 Å². The molecule has 4 nitrogen and oxygen atoms in total. The van der Waals surface area contributed by atoms with Crippen molar-refractivity contribution < 1.29 is 8.81 Å². The summed E-state index contributed by atoms with van der Waals surface area (Å²) in [4.78, 5) is 2.26. The highest BCUT2D eigenvalue weighted by molar-refractivity contribution is 9.10. The lowest BCUT2D eigenvalue weighted by atomic mass is 9.99. The molecule has 3 heterocycles. The molecule has 0 N–H and O–H groups in total. The van der Waals surface area contributed by atoms with E-state index in [1.807, 2.05) is 38.4 Å². The van der Waals surface area contributed by atoms with E-state index in [2.05, 4.69) is 25.9 Å². The number of halogens is 2. The smallest absolute Gasteiger partial charge is 0.154 e. The monoisotopic (exact) mass is 403 g/mol. The van der Waals surface area contributed by atoms with Gasteiger partial charge in [0.2, 0.25) is 0 Å². The Morgan fingerprint density at radius 1 is 1.32 bits per heavy atom. The molecule has 0 spiro atoms. The average molecular weight is 404 g/mol. The van der Waals surface area contributed by atoms with Crippen molar-refractivity contribution in [1.29, 1.82) is 0 Å². The minimum atomic E-state index is -0.137. The number of aromatic nitrogens is 2. The van der Waals surface area contributed by atoms with E-state index in [-0.39, 0.29) is 5.82 Å². The summed E-state index contributed by atoms with van der Waals surface area (Å²) < 4.78 is 22.7. The first-order valence-electron chi connectivity index (χ1n) is 8.28. The molecule has 0 amide bonds. The van der Waals surface area contributed by atoms with Crippen LogP contribution in [-0.2, 0) is 26.6 Å². The third-order valence-corrected chi connectivity index (χ3v) is 5.06. The maximum absolute atomic E-state index is 14.3. The van der Waals surface area contributed by atoms with Crippen LogP contribution in [0.25, 0.3) is 11.5 Å².